The molecule has 2 rings (SSSR count). The molecule has 1 aliphatic heterocycles. The van der Waals surface area contributed by atoms with Gasteiger partial charge in [0.25, 0.3) is 0 Å². The summed E-state index contributed by atoms with van der Waals surface area (Å²) >= 11 is 0. The van der Waals surface area contributed by atoms with Gasteiger partial charge in [-0.15, -0.1) is 0 Å². The minimum absolute atomic E-state index is 0.113. The Morgan fingerprint density at radius 2 is 2.05 bits per heavy atom. The van der Waals surface area contributed by atoms with E-state index >= 15 is 0 Å². The summed E-state index contributed by atoms with van der Waals surface area (Å²) < 4.78 is 26.2. The monoisotopic (exact) mass is 311 g/mol. The van der Waals surface area contributed by atoms with Crippen LogP contribution in [0.2, 0.25) is 0 Å². The Bertz CT molecular complexity index is 554. The number of hydrogen-bond donors (Lipinski definition) is 3. The second kappa shape index (κ2) is 7.53. The summed E-state index contributed by atoms with van der Waals surface area (Å²) in [5.74, 6) is -0.232. The minimum Gasteiger partial charge on any atom is -0.354 e. The lowest BCUT2D eigenvalue weighted by Gasteiger charge is -2.11. The van der Waals surface area contributed by atoms with Gasteiger partial charge < -0.3 is 10.6 Å². The molecule has 1 aromatic rings. The van der Waals surface area contributed by atoms with Gasteiger partial charge in [0.2, 0.25) is 15.9 Å². The Balaban J connectivity index is 1.70. The zero-order valence-electron chi connectivity index (χ0n) is 11.8. The van der Waals surface area contributed by atoms with E-state index in [2.05, 4.69) is 15.4 Å². The van der Waals surface area contributed by atoms with E-state index in [0.29, 0.717) is 0 Å². The summed E-state index contributed by atoms with van der Waals surface area (Å²) in [7, 11) is -3.38. The van der Waals surface area contributed by atoms with Crippen LogP contribution in [-0.2, 0) is 21.4 Å². The van der Waals surface area contributed by atoms with Gasteiger partial charge in [-0.1, -0.05) is 30.3 Å². The SMILES string of the molecule is O=C(NCCS(=O)(=O)NCc1ccccc1)C1CCCN1. The molecule has 1 saturated heterocycles. The van der Waals surface area contributed by atoms with Crippen molar-refractivity contribution in [2.45, 2.75) is 25.4 Å². The van der Waals surface area contributed by atoms with Crippen LogP contribution in [0.4, 0.5) is 0 Å². The zero-order chi connectivity index (χ0) is 15.1. The van der Waals surface area contributed by atoms with E-state index in [1.165, 1.54) is 0 Å². The molecule has 3 N–H and O–H groups in total. The summed E-state index contributed by atoms with van der Waals surface area (Å²) in [4.78, 5) is 11.7. The summed E-state index contributed by atoms with van der Waals surface area (Å²) in [6.45, 7) is 1.23. The summed E-state index contributed by atoms with van der Waals surface area (Å²) in [5.41, 5.74) is 0.903. The maximum absolute atomic E-state index is 11.8. The fourth-order valence-electron chi connectivity index (χ4n) is 2.20. The van der Waals surface area contributed by atoms with Crippen molar-refractivity contribution in [3.05, 3.63) is 35.9 Å². The molecule has 6 nitrogen and oxygen atoms in total. The predicted molar refractivity (Wildman–Crippen MR) is 81.1 cm³/mol. The van der Waals surface area contributed by atoms with Crippen LogP contribution in [-0.4, -0.2) is 39.2 Å². The van der Waals surface area contributed by atoms with Gasteiger partial charge >= 0.3 is 0 Å². The van der Waals surface area contributed by atoms with Crippen molar-refractivity contribution in [3.63, 3.8) is 0 Å². The van der Waals surface area contributed by atoms with Crippen molar-refractivity contribution in [3.8, 4) is 0 Å². The first-order valence-electron chi connectivity index (χ1n) is 7.09. The number of sulfonamides is 1. The van der Waals surface area contributed by atoms with Crippen LogP contribution in [0.3, 0.4) is 0 Å². The zero-order valence-corrected chi connectivity index (χ0v) is 12.7. The number of hydrogen-bond acceptors (Lipinski definition) is 4. The Labute approximate surface area is 125 Å². The molecule has 7 heteroatoms. The van der Waals surface area contributed by atoms with Crippen LogP contribution >= 0.6 is 0 Å². The number of benzene rings is 1. The number of rotatable bonds is 7. The van der Waals surface area contributed by atoms with E-state index in [-0.39, 0.29) is 30.8 Å². The highest BCUT2D eigenvalue weighted by Gasteiger charge is 2.21. The largest absolute Gasteiger partial charge is 0.354 e. The molecule has 21 heavy (non-hydrogen) atoms. The topological polar surface area (TPSA) is 87.3 Å². The average molecular weight is 311 g/mol. The van der Waals surface area contributed by atoms with E-state index in [1.807, 2.05) is 30.3 Å². The van der Waals surface area contributed by atoms with Crippen molar-refractivity contribution in [1.82, 2.24) is 15.4 Å². The first kappa shape index (κ1) is 15.9. The van der Waals surface area contributed by atoms with Gasteiger partial charge in [-0.3, -0.25) is 4.79 Å². The van der Waals surface area contributed by atoms with Gasteiger partial charge in [-0.05, 0) is 24.9 Å². The minimum atomic E-state index is -3.38. The fourth-order valence-corrected chi connectivity index (χ4v) is 3.10. The first-order valence-corrected chi connectivity index (χ1v) is 8.74. The number of amides is 1. The quantitative estimate of drug-likeness (QED) is 0.660. The van der Waals surface area contributed by atoms with Crippen LogP contribution < -0.4 is 15.4 Å². The Morgan fingerprint density at radius 3 is 2.71 bits per heavy atom. The van der Waals surface area contributed by atoms with Crippen LogP contribution in [0.25, 0.3) is 0 Å². The number of carbonyl (C=O) groups excluding carboxylic acids is 1. The van der Waals surface area contributed by atoms with Gasteiger partial charge in [0.1, 0.15) is 0 Å². The van der Waals surface area contributed by atoms with E-state index in [0.717, 1.165) is 24.9 Å². The highest BCUT2D eigenvalue weighted by Crippen LogP contribution is 2.04. The molecule has 0 aliphatic carbocycles. The average Bonchev–Trinajstić information content (AvgIpc) is 3.00. The Morgan fingerprint density at radius 1 is 1.29 bits per heavy atom. The molecular formula is C14H21N3O3S. The van der Waals surface area contributed by atoms with E-state index < -0.39 is 10.0 Å². The third kappa shape index (κ3) is 5.45. The molecular weight excluding hydrogens is 290 g/mol. The molecule has 1 amide bonds. The third-order valence-corrected chi connectivity index (χ3v) is 4.71. The van der Waals surface area contributed by atoms with Crippen LogP contribution in [0.5, 0.6) is 0 Å². The van der Waals surface area contributed by atoms with Crippen LogP contribution in [0, 0.1) is 0 Å². The van der Waals surface area contributed by atoms with Crippen molar-refractivity contribution < 1.29 is 13.2 Å². The highest BCUT2D eigenvalue weighted by molar-refractivity contribution is 7.89. The molecule has 0 bridgehead atoms. The molecule has 0 spiro atoms. The Kier molecular flexibility index (Phi) is 5.72. The van der Waals surface area contributed by atoms with Crippen molar-refractivity contribution in [2.75, 3.05) is 18.8 Å². The highest BCUT2D eigenvalue weighted by atomic mass is 32.2. The van der Waals surface area contributed by atoms with E-state index in [1.54, 1.807) is 0 Å². The Hall–Kier alpha value is -1.44. The molecule has 1 aromatic carbocycles. The van der Waals surface area contributed by atoms with Crippen molar-refractivity contribution in [1.29, 1.82) is 0 Å². The number of nitrogens with one attached hydrogen (secondary N) is 3. The molecule has 0 radical (unpaired) electrons. The lowest BCUT2D eigenvalue weighted by molar-refractivity contribution is -0.122. The van der Waals surface area contributed by atoms with Gasteiger partial charge in [-0.25, -0.2) is 13.1 Å². The third-order valence-electron chi connectivity index (χ3n) is 3.39. The van der Waals surface area contributed by atoms with Gasteiger partial charge in [0.05, 0.1) is 11.8 Å². The molecule has 1 fully saturated rings. The first-order chi connectivity index (χ1) is 10.1. The summed E-state index contributed by atoms with van der Waals surface area (Å²) in [5, 5.41) is 5.73. The maximum Gasteiger partial charge on any atom is 0.237 e. The number of carbonyl (C=O) groups is 1. The van der Waals surface area contributed by atoms with Gasteiger partial charge in [-0.2, -0.15) is 0 Å². The normalized spacial score (nSPS) is 18.6. The van der Waals surface area contributed by atoms with Gasteiger partial charge in [0.15, 0.2) is 0 Å². The molecule has 0 saturated carbocycles. The molecule has 116 valence electrons. The summed E-state index contributed by atoms with van der Waals surface area (Å²) in [6.07, 6.45) is 1.79. The second-order valence-corrected chi connectivity index (χ2v) is 6.99. The lowest BCUT2D eigenvalue weighted by atomic mass is 10.2. The molecule has 0 aromatic heterocycles. The van der Waals surface area contributed by atoms with Crippen LogP contribution in [0.15, 0.2) is 30.3 Å². The molecule has 1 heterocycles. The summed E-state index contributed by atoms with van der Waals surface area (Å²) in [6, 6.07) is 9.14. The standard InChI is InChI=1S/C14H21N3O3S/c18-14(13-7-4-8-15-13)16-9-10-21(19,20)17-11-12-5-2-1-3-6-12/h1-3,5-6,13,15,17H,4,7-11H2,(H,16,18). The second-order valence-electron chi connectivity index (χ2n) is 5.07. The predicted octanol–water partition coefficient (Wildman–Crippen LogP) is -0.0258. The molecule has 1 unspecified atom stereocenters. The molecule has 1 aliphatic rings. The molecule has 1 atom stereocenters. The van der Waals surface area contributed by atoms with Gasteiger partial charge in [0, 0.05) is 13.1 Å². The maximum atomic E-state index is 11.8. The lowest BCUT2D eigenvalue weighted by Crippen LogP contribution is -2.43. The van der Waals surface area contributed by atoms with E-state index in [9.17, 15) is 13.2 Å². The van der Waals surface area contributed by atoms with Crippen molar-refractivity contribution >= 4 is 15.9 Å². The smallest absolute Gasteiger partial charge is 0.237 e. The fraction of sp³-hybridized carbons (Fsp3) is 0.500. The van der Waals surface area contributed by atoms with Crippen molar-refractivity contribution in [2.24, 2.45) is 0 Å². The van der Waals surface area contributed by atoms with Crippen LogP contribution in [0.1, 0.15) is 18.4 Å². The van der Waals surface area contributed by atoms with E-state index in [4.69, 9.17) is 0 Å².